The molecule has 4 aromatic rings. The second-order valence-corrected chi connectivity index (χ2v) is 7.96. The van der Waals surface area contributed by atoms with Gasteiger partial charge in [-0.3, -0.25) is 14.7 Å². The standard InChI is InChI=1S/C22H23N7O4/c30-20-18-19(25-22(26-20)29-13-16(11-24-29)21(31)32)28(14-23-18)12-15-4-3-5-17(10-15)33-9-8-27-6-1-2-7-27/h3-5,10-11,13-14H,1-2,6-9,12H2,(H,31,32)(H,25,26,30). The maximum Gasteiger partial charge on any atom is 0.338 e. The summed E-state index contributed by atoms with van der Waals surface area (Å²) in [5.74, 6) is -0.210. The first-order valence-corrected chi connectivity index (χ1v) is 10.7. The third kappa shape index (κ3) is 4.48. The zero-order valence-corrected chi connectivity index (χ0v) is 17.8. The Hall–Kier alpha value is -3.99. The van der Waals surface area contributed by atoms with Crippen molar-refractivity contribution in [3.8, 4) is 11.7 Å². The lowest BCUT2D eigenvalue weighted by Gasteiger charge is -2.15. The van der Waals surface area contributed by atoms with Crippen LogP contribution in [-0.2, 0) is 6.54 Å². The SMILES string of the molecule is O=C(O)c1cnn(-c2nc3c(ncn3Cc3cccc(OCCN4CCCC4)c3)c(=O)[nH]2)c1. The fourth-order valence-electron chi connectivity index (χ4n) is 3.94. The maximum absolute atomic E-state index is 12.5. The number of rotatable bonds is 8. The largest absolute Gasteiger partial charge is 0.492 e. The van der Waals surface area contributed by atoms with E-state index in [1.54, 1.807) is 10.9 Å². The smallest absolute Gasteiger partial charge is 0.338 e. The molecule has 3 aromatic heterocycles. The number of benzene rings is 1. The number of carboxylic acid groups (broad SMARTS) is 1. The van der Waals surface area contributed by atoms with Crippen LogP contribution in [0.4, 0.5) is 0 Å². The lowest BCUT2D eigenvalue weighted by Crippen LogP contribution is -2.25. The Morgan fingerprint density at radius 3 is 2.88 bits per heavy atom. The van der Waals surface area contributed by atoms with Gasteiger partial charge in [-0.05, 0) is 43.6 Å². The Morgan fingerprint density at radius 2 is 2.09 bits per heavy atom. The number of carbonyl (C=O) groups is 1. The van der Waals surface area contributed by atoms with Gasteiger partial charge in [-0.2, -0.15) is 10.1 Å². The van der Waals surface area contributed by atoms with Crippen LogP contribution in [0.3, 0.4) is 0 Å². The number of carboxylic acids is 1. The number of aromatic amines is 1. The third-order valence-corrected chi connectivity index (χ3v) is 5.64. The fourth-order valence-corrected chi connectivity index (χ4v) is 3.94. The van der Waals surface area contributed by atoms with Gasteiger partial charge in [0.15, 0.2) is 11.2 Å². The molecule has 1 aliphatic rings. The summed E-state index contributed by atoms with van der Waals surface area (Å²) in [7, 11) is 0. The van der Waals surface area contributed by atoms with E-state index in [9.17, 15) is 9.59 Å². The van der Waals surface area contributed by atoms with Gasteiger partial charge in [0.25, 0.3) is 5.56 Å². The molecule has 33 heavy (non-hydrogen) atoms. The number of nitrogens with one attached hydrogen (secondary N) is 1. The molecule has 11 nitrogen and oxygen atoms in total. The molecule has 2 N–H and O–H groups in total. The monoisotopic (exact) mass is 449 g/mol. The minimum absolute atomic E-state index is 0.00667. The Labute approximate surface area is 188 Å². The summed E-state index contributed by atoms with van der Waals surface area (Å²) in [6.45, 7) is 4.28. The number of imidazole rings is 1. The number of likely N-dealkylation sites (tertiary alicyclic amines) is 1. The number of fused-ring (bicyclic) bond motifs is 1. The summed E-state index contributed by atoms with van der Waals surface area (Å²) < 4.78 is 8.92. The molecule has 0 radical (unpaired) electrons. The highest BCUT2D eigenvalue weighted by atomic mass is 16.5. The normalized spacial score (nSPS) is 14.2. The molecule has 0 bridgehead atoms. The van der Waals surface area contributed by atoms with E-state index in [-0.39, 0.29) is 17.0 Å². The topological polar surface area (TPSA) is 131 Å². The molecular formula is C22H23N7O4. The predicted molar refractivity (Wildman–Crippen MR) is 119 cm³/mol. The van der Waals surface area contributed by atoms with Crippen molar-refractivity contribution in [2.75, 3.05) is 26.2 Å². The predicted octanol–water partition coefficient (Wildman–Crippen LogP) is 1.53. The van der Waals surface area contributed by atoms with E-state index in [4.69, 9.17) is 9.84 Å². The van der Waals surface area contributed by atoms with Crippen molar-refractivity contribution in [3.05, 3.63) is 64.5 Å². The zero-order valence-electron chi connectivity index (χ0n) is 17.8. The van der Waals surface area contributed by atoms with Gasteiger partial charge in [0.2, 0.25) is 5.95 Å². The summed E-state index contributed by atoms with van der Waals surface area (Å²) in [6.07, 6.45) is 6.56. The number of hydrogen-bond acceptors (Lipinski definition) is 7. The van der Waals surface area contributed by atoms with E-state index in [1.807, 2.05) is 24.3 Å². The minimum atomic E-state index is -1.11. The maximum atomic E-state index is 12.5. The molecule has 1 fully saturated rings. The van der Waals surface area contributed by atoms with E-state index in [0.29, 0.717) is 18.8 Å². The highest BCUT2D eigenvalue weighted by Gasteiger charge is 2.15. The van der Waals surface area contributed by atoms with E-state index in [2.05, 4.69) is 25.0 Å². The number of aromatic carboxylic acids is 1. The molecule has 11 heteroatoms. The number of nitrogens with zero attached hydrogens (tertiary/aromatic N) is 6. The molecule has 0 saturated carbocycles. The Balaban J connectivity index is 1.36. The summed E-state index contributed by atoms with van der Waals surface area (Å²) in [4.78, 5) is 37.3. The third-order valence-electron chi connectivity index (χ3n) is 5.64. The van der Waals surface area contributed by atoms with Crippen molar-refractivity contribution in [3.63, 3.8) is 0 Å². The molecule has 0 atom stereocenters. The minimum Gasteiger partial charge on any atom is -0.492 e. The molecule has 170 valence electrons. The highest BCUT2D eigenvalue weighted by Crippen LogP contribution is 2.17. The number of ether oxygens (including phenoxy) is 1. The van der Waals surface area contributed by atoms with Crippen molar-refractivity contribution in [2.24, 2.45) is 0 Å². The van der Waals surface area contributed by atoms with Crippen molar-refractivity contribution in [1.82, 2.24) is 34.2 Å². The fraction of sp³-hybridized carbons (Fsp3) is 0.318. The molecule has 0 spiro atoms. The number of hydrogen-bond donors (Lipinski definition) is 2. The van der Waals surface area contributed by atoms with E-state index in [1.165, 1.54) is 29.9 Å². The molecule has 0 aliphatic carbocycles. The van der Waals surface area contributed by atoms with Crippen LogP contribution in [0.1, 0.15) is 28.8 Å². The van der Waals surface area contributed by atoms with Gasteiger partial charge in [0.05, 0.1) is 24.6 Å². The lowest BCUT2D eigenvalue weighted by atomic mass is 10.2. The number of aromatic nitrogens is 6. The second-order valence-electron chi connectivity index (χ2n) is 7.96. The molecule has 5 rings (SSSR count). The van der Waals surface area contributed by atoms with Crippen LogP contribution in [0, 0.1) is 0 Å². The van der Waals surface area contributed by atoms with Gasteiger partial charge >= 0.3 is 5.97 Å². The Morgan fingerprint density at radius 1 is 1.24 bits per heavy atom. The van der Waals surface area contributed by atoms with Crippen LogP contribution >= 0.6 is 0 Å². The lowest BCUT2D eigenvalue weighted by molar-refractivity contribution is 0.0697. The summed E-state index contributed by atoms with van der Waals surface area (Å²) in [5, 5.41) is 13.1. The molecule has 4 heterocycles. The Bertz CT molecular complexity index is 1350. The first-order chi connectivity index (χ1) is 16.1. The first kappa shape index (κ1) is 20.9. The van der Waals surface area contributed by atoms with Gasteiger partial charge in [-0.15, -0.1) is 0 Å². The van der Waals surface area contributed by atoms with Gasteiger partial charge < -0.3 is 14.4 Å². The molecule has 1 saturated heterocycles. The van der Waals surface area contributed by atoms with Gasteiger partial charge in [0, 0.05) is 12.7 Å². The van der Waals surface area contributed by atoms with E-state index in [0.717, 1.165) is 30.9 Å². The van der Waals surface area contributed by atoms with Crippen LogP contribution in [0.5, 0.6) is 5.75 Å². The van der Waals surface area contributed by atoms with E-state index < -0.39 is 11.5 Å². The van der Waals surface area contributed by atoms with Gasteiger partial charge in [-0.1, -0.05) is 12.1 Å². The highest BCUT2D eigenvalue weighted by molar-refractivity contribution is 5.86. The zero-order chi connectivity index (χ0) is 22.8. The van der Waals surface area contributed by atoms with Crippen molar-refractivity contribution < 1.29 is 14.6 Å². The quantitative estimate of drug-likeness (QED) is 0.414. The molecular weight excluding hydrogens is 426 g/mol. The molecule has 1 aromatic carbocycles. The summed E-state index contributed by atoms with van der Waals surface area (Å²) in [6, 6.07) is 7.80. The van der Waals surface area contributed by atoms with Crippen molar-refractivity contribution in [1.29, 1.82) is 0 Å². The first-order valence-electron chi connectivity index (χ1n) is 10.7. The van der Waals surface area contributed by atoms with Crippen molar-refractivity contribution >= 4 is 17.1 Å². The van der Waals surface area contributed by atoms with Crippen LogP contribution < -0.4 is 10.3 Å². The Kier molecular flexibility index (Phi) is 5.61. The van der Waals surface area contributed by atoms with Crippen LogP contribution in [0.2, 0.25) is 0 Å². The average Bonchev–Trinajstić information content (AvgIpc) is 3.56. The van der Waals surface area contributed by atoms with Crippen LogP contribution in [0.25, 0.3) is 17.1 Å². The summed E-state index contributed by atoms with van der Waals surface area (Å²) >= 11 is 0. The van der Waals surface area contributed by atoms with Crippen molar-refractivity contribution in [2.45, 2.75) is 19.4 Å². The van der Waals surface area contributed by atoms with Gasteiger partial charge in [-0.25, -0.2) is 14.5 Å². The van der Waals surface area contributed by atoms with Gasteiger partial charge in [0.1, 0.15) is 12.4 Å². The van der Waals surface area contributed by atoms with Crippen LogP contribution in [-0.4, -0.2) is 71.5 Å². The average molecular weight is 449 g/mol. The molecule has 1 aliphatic heterocycles. The molecule has 0 amide bonds. The molecule has 0 unspecified atom stereocenters. The van der Waals surface area contributed by atoms with Crippen LogP contribution in [0.15, 0.2) is 47.8 Å². The van der Waals surface area contributed by atoms with E-state index >= 15 is 0 Å². The second kappa shape index (κ2) is 8.87. The number of H-pyrrole nitrogens is 1. The summed E-state index contributed by atoms with van der Waals surface area (Å²) in [5.41, 5.74) is 1.11.